The molecule has 0 aliphatic carbocycles. The van der Waals surface area contributed by atoms with Gasteiger partial charge < -0.3 is 19.7 Å². The summed E-state index contributed by atoms with van der Waals surface area (Å²) in [6.45, 7) is 4.44. The number of fused-ring (bicyclic) bond motifs is 1. The van der Waals surface area contributed by atoms with E-state index in [9.17, 15) is 9.59 Å². The van der Waals surface area contributed by atoms with Gasteiger partial charge in [0.15, 0.2) is 6.61 Å². The molecule has 0 spiro atoms. The van der Waals surface area contributed by atoms with Crippen molar-refractivity contribution in [1.29, 1.82) is 0 Å². The molecule has 3 aromatic rings. The fourth-order valence-corrected chi connectivity index (χ4v) is 3.45. The predicted octanol–water partition coefficient (Wildman–Crippen LogP) is 4.17. The van der Waals surface area contributed by atoms with Gasteiger partial charge in [-0.05, 0) is 42.5 Å². The number of carbonyl (C=O) groups is 2. The second-order valence-electron chi connectivity index (χ2n) is 7.60. The Kier molecular flexibility index (Phi) is 8.08. The van der Waals surface area contributed by atoms with Gasteiger partial charge in [0.2, 0.25) is 5.91 Å². The van der Waals surface area contributed by atoms with Crippen molar-refractivity contribution in [2.24, 2.45) is 0 Å². The number of carbonyl (C=O) groups excluding carboxylic acids is 2. The zero-order valence-corrected chi connectivity index (χ0v) is 18.8. The molecule has 2 amide bonds. The highest BCUT2D eigenvalue weighted by molar-refractivity contribution is 5.90. The smallest absolute Gasteiger partial charge is 0.261 e. The third-order valence-electron chi connectivity index (χ3n) is 5.33. The number of methoxy groups -OCH3 is 1. The normalized spacial score (nSPS) is 11.6. The van der Waals surface area contributed by atoms with Crippen LogP contribution in [0.1, 0.15) is 25.8 Å². The summed E-state index contributed by atoms with van der Waals surface area (Å²) in [7, 11) is 1.61. The Bertz CT molecular complexity index is 1040. The molecule has 6 heteroatoms. The maximum absolute atomic E-state index is 13.2. The van der Waals surface area contributed by atoms with Crippen LogP contribution in [0.5, 0.6) is 11.5 Å². The molecule has 0 aliphatic rings. The second kappa shape index (κ2) is 11.2. The first kappa shape index (κ1) is 23.1. The lowest BCUT2D eigenvalue weighted by molar-refractivity contribution is -0.142. The molecule has 0 saturated heterocycles. The van der Waals surface area contributed by atoms with Crippen molar-refractivity contribution in [3.8, 4) is 11.5 Å². The first-order valence-electron chi connectivity index (χ1n) is 10.8. The third kappa shape index (κ3) is 5.78. The van der Waals surface area contributed by atoms with E-state index in [1.807, 2.05) is 73.7 Å². The number of benzene rings is 3. The van der Waals surface area contributed by atoms with E-state index >= 15 is 0 Å². The topological polar surface area (TPSA) is 67.9 Å². The summed E-state index contributed by atoms with van der Waals surface area (Å²) >= 11 is 0. The summed E-state index contributed by atoms with van der Waals surface area (Å²) in [6.07, 6.45) is 0.828. The molecule has 1 N–H and O–H groups in total. The Balaban J connectivity index is 1.77. The van der Waals surface area contributed by atoms with Crippen LogP contribution in [0.3, 0.4) is 0 Å². The molecule has 1 atom stereocenters. The van der Waals surface area contributed by atoms with E-state index in [-0.39, 0.29) is 18.4 Å². The number of hydrogen-bond acceptors (Lipinski definition) is 4. The summed E-state index contributed by atoms with van der Waals surface area (Å²) in [5.41, 5.74) is 0.902. The zero-order chi connectivity index (χ0) is 22.9. The van der Waals surface area contributed by atoms with Crippen LogP contribution in [-0.2, 0) is 16.1 Å². The van der Waals surface area contributed by atoms with E-state index in [2.05, 4.69) is 5.32 Å². The highest BCUT2D eigenvalue weighted by Crippen LogP contribution is 2.25. The molecular weight excluding hydrogens is 404 g/mol. The molecule has 3 rings (SSSR count). The van der Waals surface area contributed by atoms with Crippen molar-refractivity contribution >= 4 is 22.6 Å². The van der Waals surface area contributed by atoms with Crippen LogP contribution in [-0.4, -0.2) is 43.0 Å². The van der Waals surface area contributed by atoms with Gasteiger partial charge in [-0.3, -0.25) is 9.59 Å². The largest absolute Gasteiger partial charge is 0.497 e. The summed E-state index contributed by atoms with van der Waals surface area (Å²) in [6, 6.07) is 20.4. The van der Waals surface area contributed by atoms with Gasteiger partial charge in [0.25, 0.3) is 5.91 Å². The standard InChI is InChI=1S/C26H30N2O4/c1-4-16-27-26(30)19(2)28(17-20-12-14-22(31-3)15-13-20)25(29)18-32-24-11-7-9-21-8-5-6-10-23(21)24/h5-15,19H,4,16-18H2,1-3H3,(H,27,30)/t19-/m0/s1. The number of rotatable bonds is 10. The molecule has 0 aliphatic heterocycles. The average molecular weight is 435 g/mol. The number of nitrogens with one attached hydrogen (secondary N) is 1. The van der Waals surface area contributed by atoms with E-state index < -0.39 is 6.04 Å². The van der Waals surface area contributed by atoms with Crippen molar-refractivity contribution in [3.05, 3.63) is 72.3 Å². The molecule has 0 saturated carbocycles. The lowest BCUT2D eigenvalue weighted by atomic mass is 10.1. The van der Waals surface area contributed by atoms with Crippen molar-refractivity contribution in [1.82, 2.24) is 10.2 Å². The first-order chi connectivity index (χ1) is 15.5. The molecule has 168 valence electrons. The van der Waals surface area contributed by atoms with Crippen LogP contribution in [0, 0.1) is 0 Å². The molecule has 0 unspecified atom stereocenters. The molecule has 0 fully saturated rings. The van der Waals surface area contributed by atoms with Crippen molar-refractivity contribution in [3.63, 3.8) is 0 Å². The van der Waals surface area contributed by atoms with E-state index in [1.54, 1.807) is 18.9 Å². The predicted molar refractivity (Wildman–Crippen MR) is 126 cm³/mol. The Labute approximate surface area is 189 Å². The van der Waals surface area contributed by atoms with E-state index in [0.717, 1.165) is 28.5 Å². The summed E-state index contributed by atoms with van der Waals surface area (Å²) in [5, 5.41) is 4.86. The molecule has 0 heterocycles. The van der Waals surface area contributed by atoms with Crippen LogP contribution in [0.25, 0.3) is 10.8 Å². The van der Waals surface area contributed by atoms with E-state index in [1.165, 1.54) is 0 Å². The zero-order valence-electron chi connectivity index (χ0n) is 18.8. The van der Waals surface area contributed by atoms with Gasteiger partial charge in [-0.1, -0.05) is 55.5 Å². The molecule has 0 aromatic heterocycles. The fraction of sp³-hybridized carbons (Fsp3) is 0.308. The lowest BCUT2D eigenvalue weighted by Gasteiger charge is -2.29. The Morgan fingerprint density at radius 1 is 1.00 bits per heavy atom. The maximum Gasteiger partial charge on any atom is 0.261 e. The van der Waals surface area contributed by atoms with Gasteiger partial charge in [-0.2, -0.15) is 0 Å². The molecule has 6 nitrogen and oxygen atoms in total. The van der Waals surface area contributed by atoms with Gasteiger partial charge in [-0.25, -0.2) is 0 Å². The van der Waals surface area contributed by atoms with Crippen molar-refractivity contribution in [2.75, 3.05) is 20.3 Å². The van der Waals surface area contributed by atoms with Gasteiger partial charge in [0.05, 0.1) is 7.11 Å². The molecule has 0 radical (unpaired) electrons. The number of nitrogens with zero attached hydrogens (tertiary/aromatic N) is 1. The third-order valence-corrected chi connectivity index (χ3v) is 5.33. The minimum Gasteiger partial charge on any atom is -0.497 e. The van der Waals surface area contributed by atoms with Crippen LogP contribution >= 0.6 is 0 Å². The Hall–Kier alpha value is -3.54. The van der Waals surface area contributed by atoms with Gasteiger partial charge in [0.1, 0.15) is 17.5 Å². The summed E-state index contributed by atoms with van der Waals surface area (Å²) < 4.78 is 11.1. The number of ether oxygens (including phenoxy) is 2. The van der Waals surface area contributed by atoms with Crippen LogP contribution in [0.4, 0.5) is 0 Å². The van der Waals surface area contributed by atoms with Crippen LogP contribution in [0.15, 0.2) is 66.7 Å². The minimum absolute atomic E-state index is 0.157. The van der Waals surface area contributed by atoms with Crippen molar-refractivity contribution < 1.29 is 19.1 Å². The summed E-state index contributed by atoms with van der Waals surface area (Å²) in [5.74, 6) is 0.940. The molecule has 0 bridgehead atoms. The quantitative estimate of drug-likeness (QED) is 0.520. The number of hydrogen-bond donors (Lipinski definition) is 1. The van der Waals surface area contributed by atoms with E-state index in [4.69, 9.17) is 9.47 Å². The lowest BCUT2D eigenvalue weighted by Crippen LogP contribution is -2.49. The summed E-state index contributed by atoms with van der Waals surface area (Å²) in [4.78, 5) is 27.4. The molecule has 3 aromatic carbocycles. The van der Waals surface area contributed by atoms with Crippen molar-refractivity contribution in [2.45, 2.75) is 32.9 Å². The monoisotopic (exact) mass is 434 g/mol. The average Bonchev–Trinajstić information content (AvgIpc) is 2.84. The van der Waals surface area contributed by atoms with Gasteiger partial charge in [-0.15, -0.1) is 0 Å². The first-order valence-corrected chi connectivity index (χ1v) is 10.8. The highest BCUT2D eigenvalue weighted by atomic mass is 16.5. The molecule has 32 heavy (non-hydrogen) atoms. The van der Waals surface area contributed by atoms with Crippen LogP contribution in [0.2, 0.25) is 0 Å². The second-order valence-corrected chi connectivity index (χ2v) is 7.60. The fourth-order valence-electron chi connectivity index (χ4n) is 3.45. The van der Waals surface area contributed by atoms with Gasteiger partial charge in [0, 0.05) is 18.5 Å². The molecular formula is C26H30N2O4. The van der Waals surface area contributed by atoms with E-state index in [0.29, 0.717) is 18.8 Å². The van der Waals surface area contributed by atoms with Gasteiger partial charge >= 0.3 is 0 Å². The SMILES string of the molecule is CCCNC(=O)[C@H](C)N(Cc1ccc(OC)cc1)C(=O)COc1cccc2ccccc12. The number of amides is 2. The highest BCUT2D eigenvalue weighted by Gasteiger charge is 2.26. The Morgan fingerprint density at radius 2 is 1.72 bits per heavy atom. The van der Waals surface area contributed by atoms with Crippen LogP contribution < -0.4 is 14.8 Å². The maximum atomic E-state index is 13.2. The Morgan fingerprint density at radius 3 is 2.44 bits per heavy atom. The minimum atomic E-state index is -0.632.